The van der Waals surface area contributed by atoms with E-state index in [9.17, 15) is 13.2 Å². The van der Waals surface area contributed by atoms with E-state index in [1.807, 2.05) is 31.3 Å². The zero-order chi connectivity index (χ0) is 21.8. The van der Waals surface area contributed by atoms with Crippen LogP contribution in [0.15, 0.2) is 24.3 Å². The van der Waals surface area contributed by atoms with Crippen molar-refractivity contribution in [3.8, 4) is 0 Å². The van der Waals surface area contributed by atoms with E-state index in [0.717, 1.165) is 51.5 Å². The molecule has 0 N–H and O–H groups in total. The molecule has 1 amide bonds. The maximum absolute atomic E-state index is 13.0. The normalized spacial score (nSPS) is 23.2. The van der Waals surface area contributed by atoms with Gasteiger partial charge in [-0.15, -0.1) is 0 Å². The van der Waals surface area contributed by atoms with Crippen LogP contribution in [-0.4, -0.2) is 123 Å². The molecule has 3 heterocycles. The molecule has 3 aliphatic heterocycles. The first kappa shape index (κ1) is 22.6. The first-order valence-corrected chi connectivity index (χ1v) is 12.5. The Kier molecular flexibility index (Phi) is 7.25. The van der Waals surface area contributed by atoms with Crippen molar-refractivity contribution in [1.82, 2.24) is 23.3 Å². The highest BCUT2D eigenvalue weighted by molar-refractivity contribution is 7.86. The molecule has 0 spiro atoms. The number of likely N-dealkylation sites (N-methyl/N-ethyl adjacent to an activating group) is 1. The molecule has 0 saturated carbocycles. The molecule has 0 aromatic heterocycles. The van der Waals surface area contributed by atoms with Crippen LogP contribution in [0.1, 0.15) is 15.9 Å². The molecule has 0 atom stereocenters. The maximum Gasteiger partial charge on any atom is 0.282 e. The standard InChI is InChI=1S/C21H33N5O4S/c1-22-5-9-25(10-6-22)31(28,29)26-11-7-24(8-12-26)21(27)20-4-2-3-19(17-20)18-23-13-15-30-16-14-23/h2-4,17H,5-16,18H2,1H3. The summed E-state index contributed by atoms with van der Waals surface area (Å²) >= 11 is 0. The summed E-state index contributed by atoms with van der Waals surface area (Å²) in [6, 6.07) is 7.79. The van der Waals surface area contributed by atoms with Crippen LogP contribution < -0.4 is 0 Å². The van der Waals surface area contributed by atoms with Crippen molar-refractivity contribution in [1.29, 1.82) is 0 Å². The van der Waals surface area contributed by atoms with E-state index in [0.29, 0.717) is 44.8 Å². The van der Waals surface area contributed by atoms with Gasteiger partial charge >= 0.3 is 0 Å². The average Bonchev–Trinajstić information content (AvgIpc) is 2.80. The topological polar surface area (TPSA) is 76.6 Å². The van der Waals surface area contributed by atoms with Crippen LogP contribution in [0.2, 0.25) is 0 Å². The van der Waals surface area contributed by atoms with Crippen molar-refractivity contribution in [2.45, 2.75) is 6.54 Å². The summed E-state index contributed by atoms with van der Waals surface area (Å²) in [5.41, 5.74) is 1.78. The monoisotopic (exact) mass is 451 g/mol. The van der Waals surface area contributed by atoms with Crippen molar-refractivity contribution in [3.05, 3.63) is 35.4 Å². The molecule has 0 unspecified atom stereocenters. The molecule has 0 radical (unpaired) electrons. The van der Waals surface area contributed by atoms with Crippen molar-refractivity contribution in [2.24, 2.45) is 0 Å². The Bertz CT molecular complexity index is 858. The predicted octanol–water partition coefficient (Wildman–Crippen LogP) is -0.231. The third-order valence-electron chi connectivity index (χ3n) is 6.32. The van der Waals surface area contributed by atoms with E-state index >= 15 is 0 Å². The summed E-state index contributed by atoms with van der Waals surface area (Å²) < 4.78 is 34.4. The Morgan fingerprint density at radius 1 is 0.903 bits per heavy atom. The fourth-order valence-electron chi connectivity index (χ4n) is 4.31. The quantitative estimate of drug-likeness (QED) is 0.616. The lowest BCUT2D eigenvalue weighted by Gasteiger charge is -2.39. The summed E-state index contributed by atoms with van der Waals surface area (Å²) in [4.78, 5) is 19.3. The van der Waals surface area contributed by atoms with Crippen LogP contribution in [0.4, 0.5) is 0 Å². The van der Waals surface area contributed by atoms with Crippen LogP contribution in [-0.2, 0) is 21.5 Å². The van der Waals surface area contributed by atoms with Crippen molar-refractivity contribution in [3.63, 3.8) is 0 Å². The second-order valence-electron chi connectivity index (χ2n) is 8.49. The van der Waals surface area contributed by atoms with E-state index in [2.05, 4.69) is 9.80 Å². The number of piperazine rings is 2. The summed E-state index contributed by atoms with van der Waals surface area (Å²) in [5, 5.41) is 0. The smallest absolute Gasteiger partial charge is 0.282 e. The molecule has 10 heteroatoms. The molecule has 172 valence electrons. The van der Waals surface area contributed by atoms with Gasteiger partial charge in [-0.3, -0.25) is 9.69 Å². The number of carbonyl (C=O) groups excluding carboxylic acids is 1. The maximum atomic E-state index is 13.0. The Hall–Kier alpha value is -1.56. The van der Waals surface area contributed by atoms with E-state index in [1.54, 1.807) is 9.21 Å². The van der Waals surface area contributed by atoms with Gasteiger partial charge in [-0.1, -0.05) is 12.1 Å². The molecule has 0 aliphatic carbocycles. The minimum atomic E-state index is -3.46. The molecule has 0 bridgehead atoms. The molecular formula is C21H33N5O4S. The summed E-state index contributed by atoms with van der Waals surface area (Å²) in [7, 11) is -1.45. The number of nitrogens with zero attached hydrogens (tertiary/aromatic N) is 5. The number of carbonyl (C=O) groups is 1. The van der Waals surface area contributed by atoms with Crippen molar-refractivity contribution >= 4 is 16.1 Å². The number of hydrogen-bond acceptors (Lipinski definition) is 6. The largest absolute Gasteiger partial charge is 0.379 e. The lowest BCUT2D eigenvalue weighted by atomic mass is 10.1. The fraction of sp³-hybridized carbons (Fsp3) is 0.667. The number of ether oxygens (including phenoxy) is 1. The van der Waals surface area contributed by atoms with Gasteiger partial charge in [-0.2, -0.15) is 17.0 Å². The van der Waals surface area contributed by atoms with E-state index < -0.39 is 10.2 Å². The SMILES string of the molecule is CN1CCN(S(=O)(=O)N2CCN(C(=O)c3cccc(CN4CCOCC4)c3)CC2)CC1. The molecule has 3 fully saturated rings. The minimum Gasteiger partial charge on any atom is -0.379 e. The Balaban J connectivity index is 1.33. The van der Waals surface area contributed by atoms with Crippen LogP contribution in [0.25, 0.3) is 0 Å². The lowest BCUT2D eigenvalue weighted by molar-refractivity contribution is 0.0341. The summed E-state index contributed by atoms with van der Waals surface area (Å²) in [5.74, 6) is -0.0273. The van der Waals surface area contributed by atoms with Crippen LogP contribution in [0, 0.1) is 0 Å². The van der Waals surface area contributed by atoms with Crippen molar-refractivity contribution < 1.29 is 17.9 Å². The van der Waals surface area contributed by atoms with Gasteiger partial charge in [-0.25, -0.2) is 0 Å². The van der Waals surface area contributed by atoms with Gasteiger partial charge < -0.3 is 14.5 Å². The summed E-state index contributed by atoms with van der Waals surface area (Å²) in [6.07, 6.45) is 0. The van der Waals surface area contributed by atoms with Gasteiger partial charge in [-0.05, 0) is 24.7 Å². The molecule has 3 saturated heterocycles. The minimum absolute atomic E-state index is 0.0273. The zero-order valence-electron chi connectivity index (χ0n) is 18.3. The highest BCUT2D eigenvalue weighted by atomic mass is 32.2. The second kappa shape index (κ2) is 9.93. The molecule has 3 aliphatic rings. The van der Waals surface area contributed by atoms with Crippen LogP contribution in [0.3, 0.4) is 0 Å². The highest BCUT2D eigenvalue weighted by Crippen LogP contribution is 2.17. The van der Waals surface area contributed by atoms with Crippen LogP contribution >= 0.6 is 0 Å². The first-order chi connectivity index (χ1) is 14.9. The summed E-state index contributed by atoms with van der Waals surface area (Å²) in [6.45, 7) is 8.17. The molecule has 9 nitrogen and oxygen atoms in total. The Morgan fingerprint density at radius 2 is 1.52 bits per heavy atom. The van der Waals surface area contributed by atoms with Gasteiger partial charge in [0.15, 0.2) is 0 Å². The molecule has 1 aromatic carbocycles. The Morgan fingerprint density at radius 3 is 2.16 bits per heavy atom. The van der Waals surface area contributed by atoms with Gasteiger partial charge in [0.2, 0.25) is 0 Å². The fourth-order valence-corrected chi connectivity index (χ4v) is 5.88. The zero-order valence-corrected chi connectivity index (χ0v) is 19.1. The van der Waals surface area contributed by atoms with E-state index in [4.69, 9.17) is 4.74 Å². The lowest BCUT2D eigenvalue weighted by Crippen LogP contribution is -2.57. The second-order valence-corrected chi connectivity index (χ2v) is 10.4. The number of morpholine rings is 1. The molecular weight excluding hydrogens is 418 g/mol. The van der Waals surface area contributed by atoms with E-state index in [-0.39, 0.29) is 5.91 Å². The molecule has 1 aromatic rings. The van der Waals surface area contributed by atoms with Gasteiger partial charge in [0.25, 0.3) is 16.1 Å². The third-order valence-corrected chi connectivity index (χ3v) is 8.36. The number of hydrogen-bond donors (Lipinski definition) is 0. The highest BCUT2D eigenvalue weighted by Gasteiger charge is 2.34. The first-order valence-electron chi connectivity index (χ1n) is 11.1. The van der Waals surface area contributed by atoms with Gasteiger partial charge in [0, 0.05) is 77.6 Å². The average molecular weight is 452 g/mol. The van der Waals surface area contributed by atoms with Crippen molar-refractivity contribution in [2.75, 3.05) is 85.7 Å². The van der Waals surface area contributed by atoms with Gasteiger partial charge in [0.05, 0.1) is 13.2 Å². The third kappa shape index (κ3) is 5.44. The predicted molar refractivity (Wildman–Crippen MR) is 118 cm³/mol. The van der Waals surface area contributed by atoms with E-state index in [1.165, 1.54) is 4.31 Å². The molecule has 4 rings (SSSR count). The van der Waals surface area contributed by atoms with Gasteiger partial charge in [0.1, 0.15) is 0 Å². The number of rotatable bonds is 5. The van der Waals surface area contributed by atoms with Crippen LogP contribution in [0.5, 0.6) is 0 Å². The number of benzene rings is 1. The molecule has 31 heavy (non-hydrogen) atoms. The Labute approximate surface area is 185 Å². The number of amides is 1.